The minimum atomic E-state index is -4.54. The van der Waals surface area contributed by atoms with Gasteiger partial charge in [0.2, 0.25) is 0 Å². The van der Waals surface area contributed by atoms with Crippen LogP contribution in [0.3, 0.4) is 0 Å². The van der Waals surface area contributed by atoms with Crippen LogP contribution in [0.25, 0.3) is 0 Å². The molecule has 4 nitrogen and oxygen atoms in total. The monoisotopic (exact) mass is 456 g/mol. The molecule has 0 fully saturated rings. The van der Waals surface area contributed by atoms with Gasteiger partial charge in [0, 0.05) is 16.1 Å². The van der Waals surface area contributed by atoms with Gasteiger partial charge in [-0.1, -0.05) is 57.9 Å². The number of rotatable bonds is 3. The first kappa shape index (κ1) is 19.6. The SMILES string of the molecule is FC(F)(F)/C(CBr)=N\NC1=Nc2ccc(Cl)cc2C(c2ccccc2)=NC1. The van der Waals surface area contributed by atoms with Crippen molar-refractivity contribution < 1.29 is 13.2 Å². The Bertz CT molecular complexity index is 924. The minimum Gasteiger partial charge on any atom is -0.276 e. The Morgan fingerprint density at radius 3 is 2.59 bits per heavy atom. The van der Waals surface area contributed by atoms with E-state index in [-0.39, 0.29) is 12.4 Å². The summed E-state index contributed by atoms with van der Waals surface area (Å²) in [5.41, 5.74) is 4.17. The number of amidine groups is 1. The van der Waals surface area contributed by atoms with E-state index < -0.39 is 17.2 Å². The van der Waals surface area contributed by atoms with Gasteiger partial charge in [-0.05, 0) is 18.2 Å². The largest absolute Gasteiger partial charge is 0.432 e. The lowest BCUT2D eigenvalue weighted by Gasteiger charge is -2.09. The first-order chi connectivity index (χ1) is 12.9. The highest BCUT2D eigenvalue weighted by atomic mass is 79.9. The number of alkyl halides is 4. The van der Waals surface area contributed by atoms with Crippen molar-refractivity contribution in [2.24, 2.45) is 15.1 Å². The Balaban J connectivity index is 2.00. The fraction of sp³-hybridized carbons (Fsp3) is 0.167. The second kappa shape index (κ2) is 8.22. The van der Waals surface area contributed by atoms with Gasteiger partial charge in [0.25, 0.3) is 0 Å². The molecule has 0 amide bonds. The highest BCUT2D eigenvalue weighted by Crippen LogP contribution is 2.28. The van der Waals surface area contributed by atoms with Gasteiger partial charge < -0.3 is 0 Å². The molecule has 3 rings (SSSR count). The molecule has 0 aliphatic carbocycles. The maximum Gasteiger partial charge on any atom is 0.432 e. The van der Waals surface area contributed by atoms with E-state index >= 15 is 0 Å². The third-order valence-corrected chi connectivity index (χ3v) is 4.44. The Labute approximate surface area is 167 Å². The van der Waals surface area contributed by atoms with Crippen molar-refractivity contribution in [3.63, 3.8) is 0 Å². The van der Waals surface area contributed by atoms with Gasteiger partial charge in [-0.15, -0.1) is 0 Å². The third-order valence-electron chi connectivity index (χ3n) is 3.68. The molecule has 27 heavy (non-hydrogen) atoms. The summed E-state index contributed by atoms with van der Waals surface area (Å²) in [7, 11) is 0. The highest BCUT2D eigenvalue weighted by molar-refractivity contribution is 9.09. The fourth-order valence-corrected chi connectivity index (χ4v) is 3.03. The zero-order valence-electron chi connectivity index (χ0n) is 13.8. The highest BCUT2D eigenvalue weighted by Gasteiger charge is 2.35. The first-order valence-electron chi connectivity index (χ1n) is 7.81. The molecule has 1 heterocycles. The van der Waals surface area contributed by atoms with E-state index in [0.29, 0.717) is 22.0 Å². The molecule has 2 aromatic rings. The van der Waals surface area contributed by atoms with Crippen LogP contribution in [0.1, 0.15) is 11.1 Å². The molecule has 1 N–H and O–H groups in total. The van der Waals surface area contributed by atoms with Crippen molar-refractivity contribution in [3.05, 3.63) is 64.7 Å². The van der Waals surface area contributed by atoms with Crippen LogP contribution in [0.4, 0.5) is 18.9 Å². The van der Waals surface area contributed by atoms with Gasteiger partial charge in [0.15, 0.2) is 5.71 Å². The molecular weight excluding hydrogens is 445 g/mol. The van der Waals surface area contributed by atoms with Crippen LogP contribution >= 0.6 is 27.5 Å². The Hall–Kier alpha value is -2.19. The van der Waals surface area contributed by atoms with Gasteiger partial charge in [-0.3, -0.25) is 10.4 Å². The van der Waals surface area contributed by atoms with Crippen molar-refractivity contribution in [1.29, 1.82) is 0 Å². The Morgan fingerprint density at radius 1 is 1.19 bits per heavy atom. The number of fused-ring (bicyclic) bond motifs is 1. The second-order valence-electron chi connectivity index (χ2n) is 5.55. The molecule has 0 spiro atoms. The van der Waals surface area contributed by atoms with Crippen LogP contribution in [-0.2, 0) is 0 Å². The molecular formula is C18H13BrClF3N4. The summed E-state index contributed by atoms with van der Waals surface area (Å²) in [5, 5.41) is 3.52. The van der Waals surface area contributed by atoms with Gasteiger partial charge in [-0.25, -0.2) is 4.99 Å². The minimum absolute atomic E-state index is 0.0491. The average Bonchev–Trinajstić information content (AvgIpc) is 2.81. The molecule has 0 unspecified atom stereocenters. The Morgan fingerprint density at radius 2 is 1.93 bits per heavy atom. The number of halogens is 5. The summed E-state index contributed by atoms with van der Waals surface area (Å²) in [4.78, 5) is 8.91. The van der Waals surface area contributed by atoms with Crippen LogP contribution < -0.4 is 5.43 Å². The summed E-state index contributed by atoms with van der Waals surface area (Å²) in [5.74, 6) is 0.201. The van der Waals surface area contributed by atoms with E-state index in [9.17, 15) is 13.2 Å². The van der Waals surface area contributed by atoms with E-state index in [4.69, 9.17) is 11.6 Å². The van der Waals surface area contributed by atoms with Gasteiger partial charge in [0.05, 0.1) is 23.3 Å². The standard InChI is InChI=1S/C18H13BrClF3N4/c19-9-15(18(21,22)23)26-27-16-10-24-17(11-4-2-1-3-5-11)13-8-12(20)6-7-14(13)25-16/h1-8H,9-10H2,(H,25,27)/b26-15-. The first-order valence-corrected chi connectivity index (χ1v) is 9.31. The number of hydrogen-bond acceptors (Lipinski definition) is 4. The van der Waals surface area contributed by atoms with E-state index in [1.165, 1.54) is 0 Å². The van der Waals surface area contributed by atoms with Crippen LogP contribution in [0, 0.1) is 0 Å². The lowest BCUT2D eigenvalue weighted by molar-refractivity contribution is -0.0592. The van der Waals surface area contributed by atoms with Crippen LogP contribution in [0.15, 0.2) is 63.6 Å². The average molecular weight is 458 g/mol. The zero-order chi connectivity index (χ0) is 19.4. The quantitative estimate of drug-likeness (QED) is 0.388. The third kappa shape index (κ3) is 4.75. The number of hydrazone groups is 1. The maximum absolute atomic E-state index is 12.8. The molecule has 0 saturated carbocycles. The fourth-order valence-electron chi connectivity index (χ4n) is 2.42. The van der Waals surface area contributed by atoms with E-state index in [1.54, 1.807) is 18.2 Å². The topological polar surface area (TPSA) is 49.1 Å². The molecule has 140 valence electrons. The molecule has 1 aliphatic heterocycles. The summed E-state index contributed by atoms with van der Waals surface area (Å²) in [6.07, 6.45) is -4.54. The van der Waals surface area contributed by atoms with Crippen LogP contribution in [-0.4, -0.2) is 35.3 Å². The van der Waals surface area contributed by atoms with Gasteiger partial charge in [-0.2, -0.15) is 18.3 Å². The van der Waals surface area contributed by atoms with E-state index in [1.807, 2.05) is 30.3 Å². The van der Waals surface area contributed by atoms with Gasteiger partial charge in [0.1, 0.15) is 5.84 Å². The molecule has 0 bridgehead atoms. The van der Waals surface area contributed by atoms with Crippen molar-refractivity contribution in [1.82, 2.24) is 5.43 Å². The molecule has 0 radical (unpaired) electrons. The predicted octanol–water partition coefficient (Wildman–Crippen LogP) is 5.12. The maximum atomic E-state index is 12.8. The van der Waals surface area contributed by atoms with E-state index in [2.05, 4.69) is 36.4 Å². The summed E-state index contributed by atoms with van der Waals surface area (Å²) in [6.45, 7) is 0.0491. The van der Waals surface area contributed by atoms with E-state index in [0.717, 1.165) is 5.56 Å². The predicted molar refractivity (Wildman–Crippen MR) is 106 cm³/mol. The van der Waals surface area contributed by atoms with Crippen LogP contribution in [0.5, 0.6) is 0 Å². The molecule has 9 heteroatoms. The number of nitrogens with zero attached hydrogens (tertiary/aromatic N) is 3. The molecule has 0 saturated heterocycles. The summed E-state index contributed by atoms with van der Waals surface area (Å²) >= 11 is 8.91. The smallest absolute Gasteiger partial charge is 0.276 e. The molecule has 2 aromatic carbocycles. The molecule has 1 aliphatic rings. The van der Waals surface area contributed by atoms with Crippen LogP contribution in [0.2, 0.25) is 5.02 Å². The molecule has 0 atom stereocenters. The second-order valence-corrected chi connectivity index (χ2v) is 6.55. The van der Waals surface area contributed by atoms with Crippen molar-refractivity contribution in [2.75, 3.05) is 11.9 Å². The zero-order valence-corrected chi connectivity index (χ0v) is 16.1. The lowest BCUT2D eigenvalue weighted by atomic mass is 10.0. The van der Waals surface area contributed by atoms with Crippen molar-refractivity contribution in [3.8, 4) is 0 Å². The number of benzene rings is 2. The number of nitrogens with one attached hydrogen (secondary N) is 1. The van der Waals surface area contributed by atoms with Crippen molar-refractivity contribution >= 4 is 50.5 Å². The summed E-state index contributed by atoms with van der Waals surface area (Å²) in [6, 6.07) is 14.5. The normalized spacial score (nSPS) is 14.8. The van der Waals surface area contributed by atoms with Crippen molar-refractivity contribution in [2.45, 2.75) is 6.18 Å². The van der Waals surface area contributed by atoms with Gasteiger partial charge >= 0.3 is 6.18 Å². The Kier molecular flexibility index (Phi) is 5.96. The number of aliphatic imine (C=N–C) groups is 2. The number of hydrogen-bond donors (Lipinski definition) is 1. The summed E-state index contributed by atoms with van der Waals surface area (Å²) < 4.78 is 38.5. The molecule has 0 aromatic heterocycles. The lowest BCUT2D eigenvalue weighted by Crippen LogP contribution is -2.30.